The molecule has 4 aliphatic carbocycles. The van der Waals surface area contributed by atoms with Gasteiger partial charge in [-0.3, -0.25) is 0 Å². The first-order valence-electron chi connectivity index (χ1n) is 17.8. The molecule has 44 heavy (non-hydrogen) atoms. The maximum atomic E-state index is 12.1. The minimum Gasteiger partial charge on any atom is -0.394 e. The molecule has 7 fully saturated rings. The molecule has 0 radical (unpaired) electrons. The molecular formula is C35H59NO8. The van der Waals surface area contributed by atoms with E-state index in [1.54, 1.807) is 0 Å². The molecule has 0 aromatic carbocycles. The Morgan fingerprint density at radius 1 is 0.909 bits per heavy atom. The summed E-state index contributed by atoms with van der Waals surface area (Å²) in [5.74, 6) is 2.29. The first-order chi connectivity index (χ1) is 20.7. The second kappa shape index (κ2) is 11.1. The van der Waals surface area contributed by atoms with Crippen molar-refractivity contribution in [3.8, 4) is 0 Å². The van der Waals surface area contributed by atoms with Gasteiger partial charge in [-0.05, 0) is 96.7 Å². The van der Waals surface area contributed by atoms with Gasteiger partial charge in [0.05, 0.1) is 25.4 Å². The van der Waals surface area contributed by atoms with Crippen LogP contribution in [0.1, 0.15) is 92.4 Å². The van der Waals surface area contributed by atoms with Crippen LogP contribution in [0.4, 0.5) is 0 Å². The van der Waals surface area contributed by atoms with Crippen LogP contribution >= 0.6 is 0 Å². The van der Waals surface area contributed by atoms with E-state index >= 15 is 0 Å². The number of nitrogens with one attached hydrogen (secondary N) is 1. The van der Waals surface area contributed by atoms with E-state index in [-0.39, 0.29) is 36.0 Å². The Hall–Kier alpha value is -0.360. The van der Waals surface area contributed by atoms with Crippen LogP contribution in [0, 0.1) is 57.7 Å². The molecule has 0 unspecified atom stereocenters. The second-order valence-corrected chi connectivity index (χ2v) is 17.5. The summed E-state index contributed by atoms with van der Waals surface area (Å²) in [7, 11) is 0. The van der Waals surface area contributed by atoms with Crippen LogP contribution in [-0.2, 0) is 14.2 Å². The fourth-order valence-electron chi connectivity index (χ4n) is 13.1. The number of fused-ring (bicyclic) bond motifs is 8. The third-order valence-electron chi connectivity index (χ3n) is 14.9. The van der Waals surface area contributed by atoms with E-state index in [0.717, 1.165) is 24.2 Å². The average Bonchev–Trinajstić information content (AvgIpc) is 3.26. The third kappa shape index (κ3) is 4.73. The maximum absolute atomic E-state index is 12.1. The Kier molecular flexibility index (Phi) is 8.12. The van der Waals surface area contributed by atoms with Crippen molar-refractivity contribution >= 4 is 0 Å². The van der Waals surface area contributed by atoms with Gasteiger partial charge in [0.2, 0.25) is 0 Å². The Morgan fingerprint density at radius 2 is 1.68 bits per heavy atom. The first kappa shape index (κ1) is 32.2. The Labute approximate surface area is 263 Å². The molecule has 4 saturated carbocycles. The largest absolute Gasteiger partial charge is 0.394 e. The van der Waals surface area contributed by atoms with Crippen molar-refractivity contribution in [3.05, 3.63) is 0 Å². The number of piperidine rings is 1. The summed E-state index contributed by atoms with van der Waals surface area (Å²) >= 11 is 0. The van der Waals surface area contributed by atoms with Gasteiger partial charge in [-0.15, -0.1) is 0 Å². The van der Waals surface area contributed by atoms with E-state index in [9.17, 15) is 25.5 Å². The predicted octanol–water partition coefficient (Wildman–Crippen LogP) is 2.80. The smallest absolute Gasteiger partial charge is 0.186 e. The van der Waals surface area contributed by atoms with Crippen LogP contribution in [0.15, 0.2) is 0 Å². The molecule has 3 saturated heterocycles. The van der Waals surface area contributed by atoms with E-state index in [2.05, 4.69) is 39.9 Å². The topological polar surface area (TPSA) is 141 Å². The molecule has 3 heterocycles. The van der Waals surface area contributed by atoms with Gasteiger partial charge in [-0.2, -0.15) is 0 Å². The Bertz CT molecular complexity index is 1070. The zero-order valence-electron chi connectivity index (χ0n) is 27.5. The van der Waals surface area contributed by atoms with Crippen LogP contribution in [0.3, 0.4) is 0 Å². The van der Waals surface area contributed by atoms with Crippen molar-refractivity contribution in [1.82, 2.24) is 5.32 Å². The molecule has 9 heteroatoms. The van der Waals surface area contributed by atoms with Gasteiger partial charge in [0.25, 0.3) is 0 Å². The highest BCUT2D eigenvalue weighted by Crippen LogP contribution is 2.71. The number of ether oxygens (including phenoxy) is 3. The van der Waals surface area contributed by atoms with Gasteiger partial charge in [-0.25, -0.2) is 0 Å². The molecule has 7 rings (SSSR count). The highest BCUT2D eigenvalue weighted by molar-refractivity contribution is 5.16. The first-order valence-corrected chi connectivity index (χ1v) is 17.8. The molecule has 0 spiro atoms. The van der Waals surface area contributed by atoms with E-state index in [4.69, 9.17) is 14.2 Å². The van der Waals surface area contributed by atoms with E-state index in [1.807, 2.05) is 0 Å². The number of hydrogen-bond acceptors (Lipinski definition) is 9. The highest BCUT2D eigenvalue weighted by Gasteiger charge is 2.68. The van der Waals surface area contributed by atoms with E-state index < -0.39 is 43.1 Å². The molecule has 6 N–H and O–H groups in total. The summed E-state index contributed by atoms with van der Waals surface area (Å²) in [4.78, 5) is 0. The molecule has 0 bridgehead atoms. The summed E-state index contributed by atoms with van der Waals surface area (Å²) in [5.41, 5.74) is 1.10. The standard InChI is InChI=1S/C35H59NO8/c1-18-26-23(13-22-20-7-8-25-32(2,3)10-6-11-33(25,4)21(20)9-12-34(22,26)5)44-35(41)14-19(15-36-30(18)35)17-42-31-29(40)28(39)27(38)24(16-37)43-31/h18-31,36-41H,6-17H2,1-5H3/t18-,19-,20+,21-,22-,23-,24+,25-,26-,27+,28-,29+,30+,31+,33+,34-,35-/m0/s1. The number of hydrogen-bond donors (Lipinski definition) is 6. The summed E-state index contributed by atoms with van der Waals surface area (Å²) in [6.07, 6.45) is 4.37. The van der Waals surface area contributed by atoms with Crippen molar-refractivity contribution < 1.29 is 39.7 Å². The summed E-state index contributed by atoms with van der Waals surface area (Å²) < 4.78 is 18.3. The van der Waals surface area contributed by atoms with Crippen molar-refractivity contribution in [3.63, 3.8) is 0 Å². The molecule has 9 nitrogen and oxygen atoms in total. The lowest BCUT2D eigenvalue weighted by atomic mass is 9.41. The van der Waals surface area contributed by atoms with Crippen molar-refractivity contribution in [1.29, 1.82) is 0 Å². The SMILES string of the molecule is C[C@H]1[C@H]2[C@H](C[C@H]3[C@@H]4CC[C@H]5C(C)(C)CCC[C@]5(C)[C@H]4CC[C@]23C)O[C@@]2(O)C[C@H](CO[C@@H]3O[C@H](CO)[C@@H](O)[C@H](O)[C@H]3O)CN[C@H]12. The summed E-state index contributed by atoms with van der Waals surface area (Å²) in [6, 6.07) is -0.159. The lowest BCUT2D eigenvalue weighted by Crippen LogP contribution is -2.69. The monoisotopic (exact) mass is 621 g/mol. The van der Waals surface area contributed by atoms with E-state index in [0.29, 0.717) is 35.6 Å². The lowest BCUT2D eigenvalue weighted by molar-refractivity contribution is -0.322. The van der Waals surface area contributed by atoms with Crippen LogP contribution in [0.25, 0.3) is 0 Å². The summed E-state index contributed by atoms with van der Waals surface area (Å²) in [6.45, 7) is 12.9. The average molecular weight is 622 g/mol. The summed E-state index contributed by atoms with van der Waals surface area (Å²) in [5, 5.41) is 55.9. The van der Waals surface area contributed by atoms with Crippen LogP contribution in [0.5, 0.6) is 0 Å². The zero-order chi connectivity index (χ0) is 31.4. The Morgan fingerprint density at radius 3 is 2.43 bits per heavy atom. The molecule has 0 aromatic heterocycles. The van der Waals surface area contributed by atoms with Gasteiger partial charge in [0, 0.05) is 18.9 Å². The Balaban J connectivity index is 1.05. The molecular weight excluding hydrogens is 562 g/mol. The molecule has 0 aromatic rings. The van der Waals surface area contributed by atoms with Gasteiger partial charge in [0.15, 0.2) is 12.1 Å². The molecule has 252 valence electrons. The van der Waals surface area contributed by atoms with Crippen LogP contribution in [0.2, 0.25) is 0 Å². The normalized spacial score (nSPS) is 58.2. The third-order valence-corrected chi connectivity index (χ3v) is 14.9. The second-order valence-electron chi connectivity index (χ2n) is 17.5. The van der Waals surface area contributed by atoms with Gasteiger partial charge in [0.1, 0.15) is 24.4 Å². The van der Waals surface area contributed by atoms with Gasteiger partial charge in [-0.1, -0.05) is 41.0 Å². The van der Waals surface area contributed by atoms with Gasteiger partial charge >= 0.3 is 0 Å². The molecule has 7 aliphatic rings. The van der Waals surface area contributed by atoms with Crippen LogP contribution in [-0.4, -0.2) is 93.9 Å². The minimum atomic E-state index is -1.47. The highest BCUT2D eigenvalue weighted by atomic mass is 16.7. The quantitative estimate of drug-likeness (QED) is 0.280. The van der Waals surface area contributed by atoms with Crippen LogP contribution < -0.4 is 5.32 Å². The van der Waals surface area contributed by atoms with Gasteiger partial charge < -0.3 is 45.1 Å². The number of aliphatic hydroxyl groups is 5. The van der Waals surface area contributed by atoms with Crippen molar-refractivity contribution in [2.75, 3.05) is 19.8 Å². The predicted molar refractivity (Wildman–Crippen MR) is 163 cm³/mol. The molecule has 17 atom stereocenters. The fraction of sp³-hybridized carbons (Fsp3) is 1.00. The van der Waals surface area contributed by atoms with E-state index in [1.165, 1.54) is 44.9 Å². The lowest BCUT2D eigenvalue weighted by Gasteiger charge is -2.64. The molecule has 3 aliphatic heterocycles. The van der Waals surface area contributed by atoms with Crippen molar-refractivity contribution in [2.45, 2.75) is 141 Å². The maximum Gasteiger partial charge on any atom is 0.186 e. The zero-order valence-corrected chi connectivity index (χ0v) is 27.5. The number of aliphatic hydroxyl groups excluding tert-OH is 4. The minimum absolute atomic E-state index is 0.0419. The fourth-order valence-corrected chi connectivity index (χ4v) is 13.1. The van der Waals surface area contributed by atoms with Crippen molar-refractivity contribution in [2.24, 2.45) is 57.7 Å². The molecule has 0 amide bonds. The number of rotatable bonds is 4.